The van der Waals surface area contributed by atoms with Crippen molar-refractivity contribution >= 4 is 15.9 Å². The van der Waals surface area contributed by atoms with E-state index in [0.29, 0.717) is 5.69 Å². The van der Waals surface area contributed by atoms with Gasteiger partial charge >= 0.3 is 0 Å². The van der Waals surface area contributed by atoms with Gasteiger partial charge in [-0.1, -0.05) is 32.9 Å². The van der Waals surface area contributed by atoms with Crippen molar-refractivity contribution < 1.29 is 13.5 Å². The van der Waals surface area contributed by atoms with E-state index < -0.39 is 17.2 Å². The zero-order valence-electron chi connectivity index (χ0n) is 19.6. The first kappa shape index (κ1) is 24.7. The van der Waals surface area contributed by atoms with E-state index in [-0.39, 0.29) is 27.9 Å². The van der Waals surface area contributed by atoms with E-state index in [2.05, 4.69) is 25.9 Å². The van der Waals surface area contributed by atoms with Crippen LogP contribution in [-0.4, -0.2) is 19.5 Å². The molecule has 6 nitrogen and oxygen atoms in total. The number of rotatable bonds is 5. The Morgan fingerprint density at radius 3 is 2.54 bits per heavy atom. The Morgan fingerprint density at radius 1 is 1.06 bits per heavy atom. The summed E-state index contributed by atoms with van der Waals surface area (Å²) in [4.78, 5) is 26.5. The Balaban J connectivity index is 1.67. The van der Waals surface area contributed by atoms with Gasteiger partial charge in [0.05, 0.1) is 11.4 Å². The molecule has 0 fully saturated rings. The molecular formula is C26H23BrF2N4O2. The number of aryl methyl sites for hydroxylation is 1. The minimum absolute atomic E-state index is 0.00871. The lowest BCUT2D eigenvalue weighted by atomic mass is 9.95. The molecule has 4 rings (SSSR count). The average Bonchev–Trinajstić information content (AvgIpc) is 2.81. The molecule has 2 aromatic carbocycles. The van der Waals surface area contributed by atoms with E-state index in [0.717, 1.165) is 34.8 Å². The third-order valence-corrected chi connectivity index (χ3v) is 6.03. The summed E-state index contributed by atoms with van der Waals surface area (Å²) in [7, 11) is 0. The number of benzene rings is 2. The van der Waals surface area contributed by atoms with Crippen LogP contribution >= 0.6 is 15.9 Å². The molecule has 2 aromatic heterocycles. The number of halogens is 3. The maximum absolute atomic E-state index is 13.9. The van der Waals surface area contributed by atoms with Crippen molar-refractivity contribution in [1.29, 1.82) is 0 Å². The molecule has 180 valence electrons. The molecule has 0 spiro atoms. The Hall–Kier alpha value is -3.46. The third kappa shape index (κ3) is 5.30. The summed E-state index contributed by atoms with van der Waals surface area (Å²) in [6.45, 7) is 7.82. The normalized spacial score (nSPS) is 11.5. The predicted molar refractivity (Wildman–Crippen MR) is 133 cm³/mol. The van der Waals surface area contributed by atoms with Crippen molar-refractivity contribution in [3.05, 3.63) is 98.4 Å². The maximum atomic E-state index is 13.9. The van der Waals surface area contributed by atoms with Gasteiger partial charge in [-0.25, -0.2) is 23.7 Å². The fraction of sp³-hybridized carbons (Fsp3) is 0.231. The van der Waals surface area contributed by atoms with Crippen LogP contribution in [0.25, 0.3) is 16.9 Å². The third-order valence-electron chi connectivity index (χ3n) is 5.36. The van der Waals surface area contributed by atoms with Crippen LogP contribution in [0, 0.1) is 18.6 Å². The topological polar surface area (TPSA) is 69.9 Å². The molecule has 0 amide bonds. The number of nitrogens with zero attached hydrogens (tertiary/aromatic N) is 4. The first-order valence-corrected chi connectivity index (χ1v) is 11.6. The fourth-order valence-electron chi connectivity index (χ4n) is 3.38. The summed E-state index contributed by atoms with van der Waals surface area (Å²) in [6.07, 6.45) is 3.08. The second-order valence-corrected chi connectivity index (χ2v) is 9.87. The highest BCUT2D eigenvalue weighted by Gasteiger charge is 2.19. The minimum atomic E-state index is -0.735. The van der Waals surface area contributed by atoms with Gasteiger partial charge in [0, 0.05) is 28.8 Å². The van der Waals surface area contributed by atoms with Crippen molar-refractivity contribution in [2.45, 2.75) is 39.7 Å². The van der Waals surface area contributed by atoms with Crippen LogP contribution in [0.2, 0.25) is 0 Å². The van der Waals surface area contributed by atoms with Gasteiger partial charge < -0.3 is 4.74 Å². The SMILES string of the molecule is Cc1ccc(-c2ccnc(C(C)(C)C)n2)cc1-n1cnc(OCc2ccc(F)cc2F)c(Br)c1=O. The summed E-state index contributed by atoms with van der Waals surface area (Å²) in [6, 6.07) is 10.7. The van der Waals surface area contributed by atoms with Crippen LogP contribution in [0.5, 0.6) is 5.88 Å². The van der Waals surface area contributed by atoms with Crippen LogP contribution in [0.3, 0.4) is 0 Å². The van der Waals surface area contributed by atoms with Crippen molar-refractivity contribution in [3.8, 4) is 22.8 Å². The highest BCUT2D eigenvalue weighted by molar-refractivity contribution is 9.10. The summed E-state index contributed by atoms with van der Waals surface area (Å²) >= 11 is 3.26. The maximum Gasteiger partial charge on any atom is 0.276 e. The van der Waals surface area contributed by atoms with Gasteiger partial charge in [-0.2, -0.15) is 0 Å². The summed E-state index contributed by atoms with van der Waals surface area (Å²) in [5.41, 5.74) is 2.60. The zero-order chi connectivity index (χ0) is 25.3. The number of hydrogen-bond acceptors (Lipinski definition) is 5. The molecule has 0 aliphatic rings. The molecule has 35 heavy (non-hydrogen) atoms. The smallest absolute Gasteiger partial charge is 0.276 e. The summed E-state index contributed by atoms with van der Waals surface area (Å²) < 4.78 is 34.0. The molecule has 0 atom stereocenters. The lowest BCUT2D eigenvalue weighted by Gasteiger charge is -2.17. The predicted octanol–water partition coefficient (Wildman–Crippen LogP) is 5.92. The molecule has 2 heterocycles. The number of ether oxygens (including phenoxy) is 1. The molecule has 0 aliphatic carbocycles. The lowest BCUT2D eigenvalue weighted by Crippen LogP contribution is -2.21. The second-order valence-electron chi connectivity index (χ2n) is 9.08. The minimum Gasteiger partial charge on any atom is -0.472 e. The van der Waals surface area contributed by atoms with E-state index in [1.165, 1.54) is 17.0 Å². The quantitative estimate of drug-likeness (QED) is 0.314. The van der Waals surface area contributed by atoms with E-state index >= 15 is 0 Å². The first-order chi connectivity index (χ1) is 16.5. The average molecular weight is 541 g/mol. The zero-order valence-corrected chi connectivity index (χ0v) is 21.2. The summed E-state index contributed by atoms with van der Waals surface area (Å²) in [5.74, 6) is -0.684. The number of hydrogen-bond donors (Lipinski definition) is 0. The van der Waals surface area contributed by atoms with Gasteiger partial charge in [-0.15, -0.1) is 0 Å². The number of aromatic nitrogens is 4. The Morgan fingerprint density at radius 2 is 1.83 bits per heavy atom. The Bertz CT molecular complexity index is 1460. The molecule has 0 bridgehead atoms. The fourth-order valence-corrected chi connectivity index (χ4v) is 3.79. The van der Waals surface area contributed by atoms with E-state index in [1.807, 2.05) is 52.0 Å². The van der Waals surface area contributed by atoms with E-state index in [4.69, 9.17) is 9.72 Å². The van der Waals surface area contributed by atoms with Gasteiger partial charge in [0.1, 0.15) is 34.9 Å². The van der Waals surface area contributed by atoms with Crippen LogP contribution < -0.4 is 10.3 Å². The largest absolute Gasteiger partial charge is 0.472 e. The monoisotopic (exact) mass is 540 g/mol. The molecule has 0 N–H and O–H groups in total. The molecule has 0 saturated heterocycles. The summed E-state index contributed by atoms with van der Waals surface area (Å²) in [5, 5.41) is 0. The highest BCUT2D eigenvalue weighted by atomic mass is 79.9. The highest BCUT2D eigenvalue weighted by Crippen LogP contribution is 2.26. The molecule has 0 saturated carbocycles. The van der Waals surface area contributed by atoms with Crippen LogP contribution in [0.4, 0.5) is 8.78 Å². The standard InChI is InChI=1S/C26H23BrF2N4O2/c1-15-5-6-16(20-9-10-30-25(32-20)26(2,3)4)11-21(15)33-14-31-23(22(27)24(33)34)35-13-17-7-8-18(28)12-19(17)29/h5-12,14H,13H2,1-4H3. The lowest BCUT2D eigenvalue weighted by molar-refractivity contribution is 0.284. The Labute approximate surface area is 209 Å². The molecular weight excluding hydrogens is 518 g/mol. The van der Waals surface area contributed by atoms with Crippen LogP contribution in [0.1, 0.15) is 37.7 Å². The van der Waals surface area contributed by atoms with Gasteiger partial charge in [0.2, 0.25) is 5.88 Å². The van der Waals surface area contributed by atoms with Crippen LogP contribution in [-0.2, 0) is 12.0 Å². The van der Waals surface area contributed by atoms with Crippen molar-refractivity contribution in [2.24, 2.45) is 0 Å². The molecule has 0 radical (unpaired) electrons. The first-order valence-electron chi connectivity index (χ1n) is 10.8. The Kier molecular flexibility index (Phi) is 6.80. The molecule has 0 unspecified atom stereocenters. The van der Waals surface area contributed by atoms with Crippen molar-refractivity contribution in [3.63, 3.8) is 0 Å². The van der Waals surface area contributed by atoms with Gasteiger partial charge in [-0.3, -0.25) is 9.36 Å². The second kappa shape index (κ2) is 9.65. The molecule has 4 aromatic rings. The van der Waals surface area contributed by atoms with E-state index in [9.17, 15) is 13.6 Å². The molecule has 0 aliphatic heterocycles. The van der Waals surface area contributed by atoms with Crippen LogP contribution in [0.15, 0.2) is 64.3 Å². The van der Waals surface area contributed by atoms with Crippen molar-refractivity contribution in [1.82, 2.24) is 19.5 Å². The van der Waals surface area contributed by atoms with Gasteiger partial charge in [-0.05, 0) is 52.7 Å². The van der Waals surface area contributed by atoms with Crippen molar-refractivity contribution in [2.75, 3.05) is 0 Å². The van der Waals surface area contributed by atoms with E-state index in [1.54, 1.807) is 6.20 Å². The van der Waals surface area contributed by atoms with Gasteiger partial charge in [0.15, 0.2) is 0 Å². The van der Waals surface area contributed by atoms with Gasteiger partial charge in [0.25, 0.3) is 5.56 Å². The molecule has 9 heteroatoms.